The molecule has 0 bridgehead atoms. The van der Waals surface area contributed by atoms with Gasteiger partial charge in [-0.3, -0.25) is 0 Å². The third-order valence-electron chi connectivity index (χ3n) is 3.73. The van der Waals surface area contributed by atoms with Crippen molar-refractivity contribution < 1.29 is 14.3 Å². The smallest absolute Gasteiger partial charge is 0.341 e. The predicted octanol–water partition coefficient (Wildman–Crippen LogP) is 5.32. The van der Waals surface area contributed by atoms with Crippen LogP contribution >= 0.6 is 27.5 Å². The molecule has 0 N–H and O–H groups in total. The van der Waals surface area contributed by atoms with Gasteiger partial charge in [0.15, 0.2) is 0 Å². The number of fused-ring (bicyclic) bond motifs is 1. The zero-order valence-corrected chi connectivity index (χ0v) is 16.0. The van der Waals surface area contributed by atoms with E-state index in [1.165, 1.54) is 7.11 Å². The normalized spacial score (nSPS) is 10.7. The van der Waals surface area contributed by atoms with E-state index in [4.69, 9.17) is 21.1 Å². The highest BCUT2D eigenvalue weighted by molar-refractivity contribution is 9.10. The summed E-state index contributed by atoms with van der Waals surface area (Å²) < 4.78 is 11.4. The van der Waals surface area contributed by atoms with Crippen LogP contribution < -0.4 is 4.74 Å². The molecule has 0 aliphatic carbocycles. The maximum Gasteiger partial charge on any atom is 0.341 e. The summed E-state index contributed by atoms with van der Waals surface area (Å²) in [6.07, 6.45) is 0. The Bertz CT molecular complexity index is 959. The monoisotopic (exact) mass is 419 g/mol. The molecule has 0 spiro atoms. The summed E-state index contributed by atoms with van der Waals surface area (Å²) in [6.45, 7) is 2.22. The van der Waals surface area contributed by atoms with E-state index in [9.17, 15) is 4.79 Å². The van der Waals surface area contributed by atoms with E-state index in [-0.39, 0.29) is 6.61 Å². The van der Waals surface area contributed by atoms with Gasteiger partial charge in [0.25, 0.3) is 0 Å². The summed E-state index contributed by atoms with van der Waals surface area (Å²) in [5.74, 6) is -0.0369. The predicted molar refractivity (Wildman–Crippen MR) is 101 cm³/mol. The van der Waals surface area contributed by atoms with Crippen LogP contribution in [0.15, 0.2) is 46.9 Å². The van der Waals surface area contributed by atoms with Gasteiger partial charge in [-0.25, -0.2) is 9.78 Å². The number of methoxy groups -OCH3 is 1. The molecule has 0 aliphatic heterocycles. The van der Waals surface area contributed by atoms with E-state index in [0.29, 0.717) is 16.5 Å². The van der Waals surface area contributed by atoms with Crippen molar-refractivity contribution in [1.29, 1.82) is 0 Å². The summed E-state index contributed by atoms with van der Waals surface area (Å²) in [7, 11) is 1.33. The van der Waals surface area contributed by atoms with Gasteiger partial charge in [0.05, 0.1) is 12.6 Å². The molecule has 0 aliphatic rings. The highest BCUT2D eigenvalue weighted by Crippen LogP contribution is 2.27. The fraction of sp³-hybridized carbons (Fsp3) is 0.158. The number of hydrogen-bond acceptors (Lipinski definition) is 4. The number of benzene rings is 2. The van der Waals surface area contributed by atoms with E-state index in [1.54, 1.807) is 18.2 Å². The van der Waals surface area contributed by atoms with Gasteiger partial charge in [0.1, 0.15) is 23.1 Å². The number of carbonyl (C=O) groups is 1. The first-order valence-corrected chi connectivity index (χ1v) is 8.71. The molecule has 0 unspecified atom stereocenters. The van der Waals surface area contributed by atoms with E-state index in [1.807, 2.05) is 31.2 Å². The first-order chi connectivity index (χ1) is 12.0. The topological polar surface area (TPSA) is 48.4 Å². The molecule has 0 radical (unpaired) electrons. The quantitative estimate of drug-likeness (QED) is 0.423. The number of ether oxygens (including phenoxy) is 2. The molecule has 3 rings (SSSR count). The van der Waals surface area contributed by atoms with Crippen molar-refractivity contribution in [3.05, 3.63) is 68.8 Å². The number of nitrogens with zero attached hydrogens (tertiary/aromatic N) is 1. The molecule has 0 atom stereocenters. The Morgan fingerprint density at radius 1 is 1.20 bits per heavy atom. The minimum Gasteiger partial charge on any atom is -0.488 e. The molecular formula is C19H15BrClNO3. The molecule has 25 heavy (non-hydrogen) atoms. The van der Waals surface area contributed by atoms with Gasteiger partial charge in [-0.05, 0) is 43.3 Å². The third kappa shape index (κ3) is 3.94. The zero-order chi connectivity index (χ0) is 18.0. The van der Waals surface area contributed by atoms with E-state index < -0.39 is 5.97 Å². The van der Waals surface area contributed by atoms with Gasteiger partial charge in [-0.2, -0.15) is 0 Å². The van der Waals surface area contributed by atoms with Crippen molar-refractivity contribution in [3.63, 3.8) is 0 Å². The van der Waals surface area contributed by atoms with Crippen LogP contribution in [0, 0.1) is 6.92 Å². The SMILES string of the molecule is COC(=O)c1cc(Br)ccc1OCc1cc2cc(C)ccc2nc1Cl. The van der Waals surface area contributed by atoms with Crippen molar-refractivity contribution in [1.82, 2.24) is 4.98 Å². The van der Waals surface area contributed by atoms with Gasteiger partial charge in [-0.1, -0.05) is 39.2 Å². The maximum atomic E-state index is 11.9. The van der Waals surface area contributed by atoms with Gasteiger partial charge >= 0.3 is 5.97 Å². The van der Waals surface area contributed by atoms with Crippen molar-refractivity contribution >= 4 is 44.4 Å². The average molecular weight is 421 g/mol. The summed E-state index contributed by atoms with van der Waals surface area (Å²) in [5.41, 5.74) is 3.07. The highest BCUT2D eigenvalue weighted by Gasteiger charge is 2.15. The van der Waals surface area contributed by atoms with Crippen LogP contribution in [0.5, 0.6) is 5.75 Å². The molecule has 128 valence electrons. The van der Waals surface area contributed by atoms with Crippen molar-refractivity contribution in [3.8, 4) is 5.75 Å². The maximum absolute atomic E-state index is 11.9. The molecule has 0 fully saturated rings. The van der Waals surface area contributed by atoms with Crippen LogP contribution in [-0.4, -0.2) is 18.1 Å². The number of halogens is 2. The summed E-state index contributed by atoms with van der Waals surface area (Å²) >= 11 is 9.61. The Morgan fingerprint density at radius 3 is 2.76 bits per heavy atom. The lowest BCUT2D eigenvalue weighted by molar-refractivity contribution is 0.0595. The fourth-order valence-electron chi connectivity index (χ4n) is 2.47. The molecule has 4 nitrogen and oxygen atoms in total. The first-order valence-electron chi connectivity index (χ1n) is 7.54. The van der Waals surface area contributed by atoms with Crippen LogP contribution in [0.1, 0.15) is 21.5 Å². The van der Waals surface area contributed by atoms with Gasteiger partial charge in [0.2, 0.25) is 0 Å². The van der Waals surface area contributed by atoms with Gasteiger partial charge < -0.3 is 9.47 Å². The molecule has 1 aromatic heterocycles. The molecule has 6 heteroatoms. The standard InChI is InChI=1S/C19H15BrClNO3/c1-11-3-5-16-12(7-11)8-13(18(21)22-16)10-25-17-6-4-14(20)9-15(17)19(23)24-2/h3-9H,10H2,1-2H3. The molecule has 0 saturated carbocycles. The largest absolute Gasteiger partial charge is 0.488 e. The van der Waals surface area contributed by atoms with Crippen molar-refractivity contribution in [2.75, 3.05) is 7.11 Å². The number of aromatic nitrogens is 1. The van der Waals surface area contributed by atoms with Crippen LogP contribution in [0.25, 0.3) is 10.9 Å². The molecule has 0 saturated heterocycles. The third-order valence-corrected chi connectivity index (χ3v) is 4.55. The number of esters is 1. The second-order valence-electron chi connectivity index (χ2n) is 5.56. The summed E-state index contributed by atoms with van der Waals surface area (Å²) in [6, 6.07) is 13.1. The molecule has 0 amide bonds. The van der Waals surface area contributed by atoms with E-state index in [0.717, 1.165) is 26.5 Å². The molecular weight excluding hydrogens is 406 g/mol. The van der Waals surface area contributed by atoms with Crippen LogP contribution in [0.2, 0.25) is 5.15 Å². The second-order valence-corrected chi connectivity index (χ2v) is 6.83. The van der Waals surface area contributed by atoms with Crippen LogP contribution in [-0.2, 0) is 11.3 Å². The lowest BCUT2D eigenvalue weighted by Crippen LogP contribution is -2.06. The van der Waals surface area contributed by atoms with Crippen LogP contribution in [0.3, 0.4) is 0 Å². The number of rotatable bonds is 4. The summed E-state index contributed by atoms with van der Waals surface area (Å²) in [4.78, 5) is 16.3. The lowest BCUT2D eigenvalue weighted by Gasteiger charge is -2.12. The van der Waals surface area contributed by atoms with Crippen molar-refractivity contribution in [2.45, 2.75) is 13.5 Å². The Morgan fingerprint density at radius 2 is 2.00 bits per heavy atom. The van der Waals surface area contributed by atoms with E-state index >= 15 is 0 Å². The number of pyridine rings is 1. The van der Waals surface area contributed by atoms with Crippen molar-refractivity contribution in [2.24, 2.45) is 0 Å². The Balaban J connectivity index is 1.90. The fourth-order valence-corrected chi connectivity index (χ4v) is 3.03. The Kier molecular flexibility index (Phi) is 5.25. The highest BCUT2D eigenvalue weighted by atomic mass is 79.9. The molecule has 3 aromatic rings. The lowest BCUT2D eigenvalue weighted by atomic mass is 10.1. The van der Waals surface area contributed by atoms with E-state index in [2.05, 4.69) is 20.9 Å². The average Bonchev–Trinajstić information content (AvgIpc) is 2.60. The Labute approximate surface area is 158 Å². The Hall–Kier alpha value is -2.11. The minimum absolute atomic E-state index is 0.196. The van der Waals surface area contributed by atoms with Crippen LogP contribution in [0.4, 0.5) is 0 Å². The van der Waals surface area contributed by atoms with Gasteiger partial charge in [-0.15, -0.1) is 0 Å². The number of hydrogen-bond donors (Lipinski definition) is 0. The molecule has 1 heterocycles. The number of aryl methyl sites for hydroxylation is 1. The number of carbonyl (C=O) groups excluding carboxylic acids is 1. The van der Waals surface area contributed by atoms with Gasteiger partial charge in [0, 0.05) is 15.4 Å². The first kappa shape index (κ1) is 17.7. The summed E-state index contributed by atoms with van der Waals surface area (Å²) in [5, 5.41) is 1.38. The second kappa shape index (κ2) is 7.42. The zero-order valence-electron chi connectivity index (χ0n) is 13.7. The minimum atomic E-state index is -0.463. The molecule has 2 aromatic carbocycles.